The highest BCUT2D eigenvalue weighted by molar-refractivity contribution is 6.11. The zero-order chi connectivity index (χ0) is 23.2. The molecule has 0 aliphatic carbocycles. The number of fused-ring (bicyclic) bond motifs is 4. The van der Waals surface area contributed by atoms with Gasteiger partial charge in [-0.15, -0.1) is 0 Å². The standard InChI is InChI=1S/C30H18N4O/c1-2-8-20(9-3-1)28-32-29(22-14-13-19-7-4-5-10-21(19)17-22)34-30(33-28)23-11-6-12-26-27(23)24-18-31-16-15-25(24)35-26/h1-18H. The molecule has 35 heavy (non-hydrogen) atoms. The maximum atomic E-state index is 6.08. The minimum atomic E-state index is 0.596. The quantitative estimate of drug-likeness (QED) is 0.282. The molecule has 0 saturated heterocycles. The van der Waals surface area contributed by atoms with Gasteiger partial charge >= 0.3 is 0 Å². The summed E-state index contributed by atoms with van der Waals surface area (Å²) >= 11 is 0. The van der Waals surface area contributed by atoms with Gasteiger partial charge in [0.2, 0.25) is 0 Å². The van der Waals surface area contributed by atoms with Gasteiger partial charge in [-0.05, 0) is 29.0 Å². The third-order valence-corrected chi connectivity index (χ3v) is 6.21. The molecule has 0 fully saturated rings. The molecule has 0 radical (unpaired) electrons. The van der Waals surface area contributed by atoms with Crippen molar-refractivity contribution in [1.29, 1.82) is 0 Å². The molecule has 3 heterocycles. The summed E-state index contributed by atoms with van der Waals surface area (Å²) in [7, 11) is 0. The molecule has 0 unspecified atom stereocenters. The van der Waals surface area contributed by atoms with Crippen molar-refractivity contribution in [2.45, 2.75) is 0 Å². The third kappa shape index (κ3) is 3.33. The molecule has 5 nitrogen and oxygen atoms in total. The number of nitrogens with zero attached hydrogens (tertiary/aromatic N) is 4. The van der Waals surface area contributed by atoms with E-state index in [1.807, 2.05) is 72.9 Å². The first-order valence-corrected chi connectivity index (χ1v) is 11.4. The first-order chi connectivity index (χ1) is 17.3. The summed E-state index contributed by atoms with van der Waals surface area (Å²) in [5.41, 5.74) is 4.32. The van der Waals surface area contributed by atoms with Crippen LogP contribution in [-0.4, -0.2) is 19.9 Å². The van der Waals surface area contributed by atoms with Crippen molar-refractivity contribution in [3.8, 4) is 34.2 Å². The lowest BCUT2D eigenvalue weighted by atomic mass is 10.1. The monoisotopic (exact) mass is 450 g/mol. The van der Waals surface area contributed by atoms with Gasteiger partial charge in [0.25, 0.3) is 0 Å². The maximum absolute atomic E-state index is 6.08. The highest BCUT2D eigenvalue weighted by Gasteiger charge is 2.17. The van der Waals surface area contributed by atoms with Gasteiger partial charge in [0, 0.05) is 39.9 Å². The van der Waals surface area contributed by atoms with Crippen LogP contribution in [0.2, 0.25) is 0 Å². The van der Waals surface area contributed by atoms with Gasteiger partial charge in [-0.3, -0.25) is 4.98 Å². The summed E-state index contributed by atoms with van der Waals surface area (Å²) in [6.07, 6.45) is 3.56. The summed E-state index contributed by atoms with van der Waals surface area (Å²) < 4.78 is 6.08. The fourth-order valence-electron chi connectivity index (χ4n) is 4.53. The molecule has 7 rings (SSSR count). The normalized spacial score (nSPS) is 11.4. The Hall–Kier alpha value is -4.90. The summed E-state index contributed by atoms with van der Waals surface area (Å²) in [4.78, 5) is 19.1. The van der Waals surface area contributed by atoms with Crippen molar-refractivity contribution in [1.82, 2.24) is 19.9 Å². The zero-order valence-corrected chi connectivity index (χ0v) is 18.6. The predicted molar refractivity (Wildman–Crippen MR) is 139 cm³/mol. The van der Waals surface area contributed by atoms with Gasteiger partial charge in [-0.2, -0.15) is 0 Å². The largest absolute Gasteiger partial charge is 0.456 e. The molecule has 0 atom stereocenters. The van der Waals surface area contributed by atoms with Gasteiger partial charge in [-0.1, -0.05) is 78.9 Å². The van der Waals surface area contributed by atoms with Crippen LogP contribution in [0, 0.1) is 0 Å². The Bertz CT molecular complexity index is 1860. The average molecular weight is 451 g/mol. The third-order valence-electron chi connectivity index (χ3n) is 6.21. The fourth-order valence-corrected chi connectivity index (χ4v) is 4.53. The van der Waals surface area contributed by atoms with E-state index in [1.165, 1.54) is 5.39 Å². The van der Waals surface area contributed by atoms with E-state index >= 15 is 0 Å². The predicted octanol–water partition coefficient (Wildman–Crippen LogP) is 7.32. The molecule has 0 aliphatic rings. The zero-order valence-electron chi connectivity index (χ0n) is 18.6. The van der Waals surface area contributed by atoms with Crippen LogP contribution in [0.3, 0.4) is 0 Å². The number of benzene rings is 4. The summed E-state index contributed by atoms with van der Waals surface area (Å²) in [6, 6.07) is 32.4. The van der Waals surface area contributed by atoms with E-state index < -0.39 is 0 Å². The van der Waals surface area contributed by atoms with Gasteiger partial charge in [0.05, 0.1) is 0 Å². The second-order valence-corrected chi connectivity index (χ2v) is 8.39. The molecule has 0 amide bonds. The minimum absolute atomic E-state index is 0.596. The van der Waals surface area contributed by atoms with Crippen molar-refractivity contribution in [2.24, 2.45) is 0 Å². The van der Waals surface area contributed by atoms with Crippen molar-refractivity contribution in [3.63, 3.8) is 0 Å². The Labute approximate surface area is 200 Å². The Morgan fingerprint density at radius 3 is 2.20 bits per heavy atom. The van der Waals surface area contributed by atoms with Crippen LogP contribution in [0.5, 0.6) is 0 Å². The van der Waals surface area contributed by atoms with Crippen LogP contribution in [0.1, 0.15) is 0 Å². The van der Waals surface area contributed by atoms with Crippen LogP contribution in [0.15, 0.2) is 114 Å². The Morgan fingerprint density at radius 2 is 1.31 bits per heavy atom. The molecule has 0 saturated carbocycles. The average Bonchev–Trinajstić information content (AvgIpc) is 3.32. The lowest BCUT2D eigenvalue weighted by Gasteiger charge is -2.09. The smallest absolute Gasteiger partial charge is 0.164 e. The van der Waals surface area contributed by atoms with Crippen LogP contribution in [0.25, 0.3) is 66.9 Å². The van der Waals surface area contributed by atoms with Gasteiger partial charge in [-0.25, -0.2) is 15.0 Å². The van der Waals surface area contributed by atoms with E-state index in [0.29, 0.717) is 17.5 Å². The first-order valence-electron chi connectivity index (χ1n) is 11.4. The molecule has 164 valence electrons. The molecule has 0 bridgehead atoms. The van der Waals surface area contributed by atoms with Crippen molar-refractivity contribution in [3.05, 3.63) is 109 Å². The van der Waals surface area contributed by atoms with Crippen LogP contribution in [-0.2, 0) is 0 Å². The number of aromatic nitrogens is 4. The molecule has 4 aromatic carbocycles. The first kappa shape index (κ1) is 19.6. The van der Waals surface area contributed by atoms with Gasteiger partial charge < -0.3 is 4.42 Å². The molecular formula is C30H18N4O. The van der Waals surface area contributed by atoms with Crippen molar-refractivity contribution >= 4 is 32.7 Å². The summed E-state index contributed by atoms with van der Waals surface area (Å²) in [5.74, 6) is 1.85. The lowest BCUT2D eigenvalue weighted by Crippen LogP contribution is -2.00. The van der Waals surface area contributed by atoms with Gasteiger partial charge in [0.1, 0.15) is 11.2 Å². The number of furan rings is 1. The molecular weight excluding hydrogens is 432 g/mol. The van der Waals surface area contributed by atoms with Crippen LogP contribution in [0.4, 0.5) is 0 Å². The van der Waals surface area contributed by atoms with Crippen molar-refractivity contribution in [2.75, 3.05) is 0 Å². The van der Waals surface area contributed by atoms with E-state index in [2.05, 4.69) is 35.3 Å². The van der Waals surface area contributed by atoms with Crippen LogP contribution < -0.4 is 0 Å². The number of pyridine rings is 1. The van der Waals surface area contributed by atoms with E-state index in [-0.39, 0.29) is 0 Å². The van der Waals surface area contributed by atoms with Gasteiger partial charge in [0.15, 0.2) is 17.5 Å². The Morgan fingerprint density at radius 1 is 0.543 bits per heavy atom. The number of hydrogen-bond donors (Lipinski definition) is 0. The topological polar surface area (TPSA) is 64.7 Å². The minimum Gasteiger partial charge on any atom is -0.456 e. The van der Waals surface area contributed by atoms with Crippen LogP contribution >= 0.6 is 0 Å². The Kier molecular flexibility index (Phi) is 4.39. The SMILES string of the molecule is c1ccc(-c2nc(-c3ccc4ccccc4c3)nc(-c3cccc4oc5ccncc5c34)n2)cc1. The number of hydrogen-bond acceptors (Lipinski definition) is 5. The molecule has 7 aromatic rings. The molecule has 0 N–H and O–H groups in total. The Balaban J connectivity index is 1.51. The maximum Gasteiger partial charge on any atom is 0.164 e. The lowest BCUT2D eigenvalue weighted by molar-refractivity contribution is 0.668. The van der Waals surface area contributed by atoms with Crippen molar-refractivity contribution < 1.29 is 4.42 Å². The molecule has 0 spiro atoms. The molecule has 0 aliphatic heterocycles. The number of rotatable bonds is 3. The summed E-state index contributed by atoms with van der Waals surface area (Å²) in [6.45, 7) is 0. The highest BCUT2D eigenvalue weighted by atomic mass is 16.3. The second-order valence-electron chi connectivity index (χ2n) is 8.39. The van der Waals surface area contributed by atoms with E-state index in [0.717, 1.165) is 44.0 Å². The highest BCUT2D eigenvalue weighted by Crippen LogP contribution is 2.36. The van der Waals surface area contributed by atoms with E-state index in [9.17, 15) is 0 Å². The molecule has 3 aromatic heterocycles. The van der Waals surface area contributed by atoms with E-state index in [4.69, 9.17) is 19.4 Å². The summed E-state index contributed by atoms with van der Waals surface area (Å²) in [5, 5.41) is 4.20. The van der Waals surface area contributed by atoms with E-state index in [1.54, 1.807) is 6.20 Å². The fraction of sp³-hybridized carbons (Fsp3) is 0. The molecule has 5 heteroatoms. The second kappa shape index (κ2) is 7.85.